The van der Waals surface area contributed by atoms with Crippen molar-refractivity contribution < 1.29 is 4.79 Å². The van der Waals surface area contributed by atoms with Crippen LogP contribution in [0.3, 0.4) is 0 Å². The van der Waals surface area contributed by atoms with E-state index < -0.39 is 0 Å². The summed E-state index contributed by atoms with van der Waals surface area (Å²) in [6.45, 7) is 11.8. The number of carbonyl (C=O) groups excluding carboxylic acids is 1. The molecular weight excluding hydrogens is 294 g/mol. The second kappa shape index (κ2) is 7.41. The van der Waals surface area contributed by atoms with Crippen molar-refractivity contribution in [2.45, 2.75) is 33.7 Å². The van der Waals surface area contributed by atoms with Gasteiger partial charge < -0.3 is 10.6 Å². The molecule has 0 bridgehead atoms. The van der Waals surface area contributed by atoms with E-state index in [0.717, 1.165) is 24.6 Å². The summed E-state index contributed by atoms with van der Waals surface area (Å²) in [4.78, 5) is 15.6. The number of piperazine rings is 1. The molecule has 20 heavy (non-hydrogen) atoms. The molecule has 1 fully saturated rings. The van der Waals surface area contributed by atoms with Crippen molar-refractivity contribution >= 4 is 34.7 Å². The summed E-state index contributed by atoms with van der Waals surface area (Å²) in [5.74, 6) is 0.0955. The van der Waals surface area contributed by atoms with Crippen LogP contribution < -0.4 is 10.6 Å². The first-order valence-corrected chi connectivity index (χ1v) is 7.62. The van der Waals surface area contributed by atoms with Gasteiger partial charge >= 0.3 is 0 Å². The van der Waals surface area contributed by atoms with Gasteiger partial charge in [-0.2, -0.15) is 0 Å². The van der Waals surface area contributed by atoms with Gasteiger partial charge in [0.05, 0.1) is 11.5 Å². The Balaban J connectivity index is 0.00000200. The normalized spacial score (nSPS) is 19.5. The lowest BCUT2D eigenvalue weighted by Crippen LogP contribution is -2.51. The first-order valence-electron chi connectivity index (χ1n) is 6.80. The van der Waals surface area contributed by atoms with Crippen LogP contribution in [0.25, 0.3) is 0 Å². The monoisotopic (exact) mass is 317 g/mol. The Kier molecular flexibility index (Phi) is 6.45. The number of aryl methyl sites for hydroxylation is 1. The molecule has 1 aromatic heterocycles. The van der Waals surface area contributed by atoms with Gasteiger partial charge in [0, 0.05) is 30.6 Å². The second-order valence-corrected chi connectivity index (χ2v) is 6.53. The third-order valence-corrected chi connectivity index (χ3v) is 5.15. The number of hydrogen-bond acceptors (Lipinski definition) is 4. The fourth-order valence-electron chi connectivity index (χ4n) is 2.33. The fourth-order valence-corrected chi connectivity index (χ4v) is 3.41. The molecule has 0 unspecified atom stereocenters. The minimum atomic E-state index is 0. The van der Waals surface area contributed by atoms with Crippen LogP contribution in [0.1, 0.15) is 22.9 Å². The zero-order valence-corrected chi connectivity index (χ0v) is 14.2. The minimum absolute atomic E-state index is 0. The highest BCUT2D eigenvalue weighted by Crippen LogP contribution is 2.31. The van der Waals surface area contributed by atoms with Gasteiger partial charge in [-0.3, -0.25) is 9.69 Å². The van der Waals surface area contributed by atoms with E-state index in [4.69, 9.17) is 0 Å². The Labute approximate surface area is 131 Å². The van der Waals surface area contributed by atoms with Crippen molar-refractivity contribution in [2.75, 3.05) is 31.5 Å². The number of rotatable bonds is 3. The summed E-state index contributed by atoms with van der Waals surface area (Å²) >= 11 is 1.67. The van der Waals surface area contributed by atoms with E-state index in [2.05, 4.69) is 43.2 Å². The summed E-state index contributed by atoms with van der Waals surface area (Å²) in [5, 5.41) is 7.40. The summed E-state index contributed by atoms with van der Waals surface area (Å²) in [6.07, 6.45) is 0. The van der Waals surface area contributed by atoms with E-state index in [1.165, 1.54) is 16.0 Å². The smallest absolute Gasteiger partial charge is 0.239 e. The van der Waals surface area contributed by atoms with Crippen LogP contribution in [0.5, 0.6) is 0 Å². The number of nitrogens with zero attached hydrogens (tertiary/aromatic N) is 1. The van der Waals surface area contributed by atoms with E-state index in [1.54, 1.807) is 11.3 Å². The van der Waals surface area contributed by atoms with Crippen molar-refractivity contribution in [1.29, 1.82) is 0 Å². The largest absolute Gasteiger partial charge is 0.316 e. The average molecular weight is 318 g/mol. The number of thiophene rings is 1. The highest BCUT2D eigenvalue weighted by Gasteiger charge is 2.21. The molecule has 1 aromatic rings. The molecule has 6 heteroatoms. The zero-order chi connectivity index (χ0) is 14.0. The van der Waals surface area contributed by atoms with Gasteiger partial charge in [0.15, 0.2) is 0 Å². The maximum absolute atomic E-state index is 12.1. The van der Waals surface area contributed by atoms with Crippen molar-refractivity contribution in [2.24, 2.45) is 0 Å². The average Bonchev–Trinajstić information content (AvgIpc) is 2.60. The maximum Gasteiger partial charge on any atom is 0.239 e. The fraction of sp³-hybridized carbons (Fsp3) is 0.643. The number of amides is 1. The molecule has 0 saturated carbocycles. The summed E-state index contributed by atoms with van der Waals surface area (Å²) in [6, 6.07) is 0.424. The first-order chi connectivity index (χ1) is 8.99. The summed E-state index contributed by atoms with van der Waals surface area (Å²) < 4.78 is 0. The Morgan fingerprint density at radius 2 is 2.10 bits per heavy atom. The maximum atomic E-state index is 12.1. The van der Waals surface area contributed by atoms with Gasteiger partial charge in [0.2, 0.25) is 5.91 Å². The number of halogens is 1. The van der Waals surface area contributed by atoms with E-state index in [0.29, 0.717) is 12.6 Å². The van der Waals surface area contributed by atoms with Crippen LogP contribution in [0.4, 0.5) is 5.00 Å². The molecule has 1 atom stereocenters. The molecule has 1 saturated heterocycles. The molecule has 4 nitrogen and oxygen atoms in total. The van der Waals surface area contributed by atoms with Crippen LogP contribution in [0, 0.1) is 20.8 Å². The van der Waals surface area contributed by atoms with Crippen molar-refractivity contribution in [3.63, 3.8) is 0 Å². The van der Waals surface area contributed by atoms with Crippen molar-refractivity contribution in [3.8, 4) is 0 Å². The van der Waals surface area contributed by atoms with E-state index >= 15 is 0 Å². The molecular formula is C14H24ClN3OS. The highest BCUT2D eigenvalue weighted by molar-refractivity contribution is 7.16. The second-order valence-electron chi connectivity index (χ2n) is 5.31. The predicted octanol–water partition coefficient (Wildman–Crippen LogP) is 2.33. The van der Waals surface area contributed by atoms with Gasteiger partial charge in [-0.25, -0.2) is 0 Å². The SMILES string of the molecule is Cc1sc(NC(=O)CN2CCNC[C@H]2C)c(C)c1C.Cl. The predicted molar refractivity (Wildman–Crippen MR) is 88.3 cm³/mol. The van der Waals surface area contributed by atoms with E-state index in [9.17, 15) is 4.79 Å². The molecule has 0 aliphatic carbocycles. The van der Waals surface area contributed by atoms with Gasteiger partial charge in [0.25, 0.3) is 0 Å². The highest BCUT2D eigenvalue weighted by atomic mass is 35.5. The number of hydrogen-bond donors (Lipinski definition) is 2. The third kappa shape index (κ3) is 3.95. The Bertz CT molecular complexity index is 475. The molecule has 2 N–H and O–H groups in total. The Morgan fingerprint density at radius 1 is 1.40 bits per heavy atom. The van der Waals surface area contributed by atoms with Crippen LogP contribution in [0.15, 0.2) is 0 Å². The molecule has 0 radical (unpaired) electrons. The van der Waals surface area contributed by atoms with Crippen molar-refractivity contribution in [1.82, 2.24) is 10.2 Å². The molecule has 2 heterocycles. The number of anilines is 1. The van der Waals surface area contributed by atoms with Gasteiger partial charge in [-0.15, -0.1) is 23.7 Å². The number of carbonyl (C=O) groups is 1. The molecule has 2 rings (SSSR count). The van der Waals surface area contributed by atoms with Gasteiger partial charge in [-0.1, -0.05) is 0 Å². The minimum Gasteiger partial charge on any atom is -0.316 e. The van der Waals surface area contributed by atoms with Gasteiger partial charge in [-0.05, 0) is 38.8 Å². The van der Waals surface area contributed by atoms with E-state index in [1.807, 2.05) is 0 Å². The number of nitrogens with one attached hydrogen (secondary N) is 2. The van der Waals surface area contributed by atoms with Crippen molar-refractivity contribution in [3.05, 3.63) is 16.0 Å². The lowest BCUT2D eigenvalue weighted by Gasteiger charge is -2.33. The summed E-state index contributed by atoms with van der Waals surface area (Å²) in [7, 11) is 0. The van der Waals surface area contributed by atoms with Crippen LogP contribution in [-0.2, 0) is 4.79 Å². The topological polar surface area (TPSA) is 44.4 Å². The standard InChI is InChI=1S/C14H23N3OS.ClH/c1-9-7-15-5-6-17(9)8-13(18)16-14-11(3)10(2)12(4)19-14;/h9,15H,5-8H2,1-4H3,(H,16,18);1H/t9-;/m1./s1. The van der Waals surface area contributed by atoms with E-state index in [-0.39, 0.29) is 18.3 Å². The first kappa shape index (κ1) is 17.4. The lowest BCUT2D eigenvalue weighted by atomic mass is 10.2. The Morgan fingerprint density at radius 3 is 2.65 bits per heavy atom. The van der Waals surface area contributed by atoms with Crippen LogP contribution in [-0.4, -0.2) is 43.0 Å². The molecule has 1 aliphatic heterocycles. The quantitative estimate of drug-likeness (QED) is 0.899. The Hall–Kier alpha value is -0.620. The molecule has 1 aliphatic rings. The molecule has 0 aromatic carbocycles. The zero-order valence-electron chi connectivity index (χ0n) is 12.6. The third-order valence-electron chi connectivity index (χ3n) is 3.92. The van der Waals surface area contributed by atoms with Gasteiger partial charge in [0.1, 0.15) is 0 Å². The molecule has 1 amide bonds. The molecule has 114 valence electrons. The summed E-state index contributed by atoms with van der Waals surface area (Å²) in [5.41, 5.74) is 2.49. The molecule has 0 spiro atoms. The van der Waals surface area contributed by atoms with Crippen LogP contribution >= 0.6 is 23.7 Å². The lowest BCUT2D eigenvalue weighted by molar-refractivity contribution is -0.118. The van der Waals surface area contributed by atoms with Crippen LogP contribution in [0.2, 0.25) is 0 Å².